The molecule has 0 aromatic rings. The number of carbonyl (C=O) groups excluding carboxylic acids is 2. The molecule has 1 amide bonds. The van der Waals surface area contributed by atoms with Crippen molar-refractivity contribution in [3.63, 3.8) is 0 Å². The number of esters is 1. The molecule has 0 aromatic carbocycles. The van der Waals surface area contributed by atoms with E-state index in [1.165, 1.54) is 13.8 Å². The van der Waals surface area contributed by atoms with Crippen molar-refractivity contribution < 1.29 is 18.7 Å². The number of hydrazone groups is 1. The fraction of sp³-hybridized carbons (Fsp3) is 0.667. The Balaban J connectivity index is 4.33. The largest absolute Gasteiger partial charge is 0.466 e. The summed E-state index contributed by atoms with van der Waals surface area (Å²) < 4.78 is 17.6. The van der Waals surface area contributed by atoms with Crippen LogP contribution in [0.15, 0.2) is 5.10 Å². The Hall–Kier alpha value is -1.46. The van der Waals surface area contributed by atoms with Crippen molar-refractivity contribution in [3.8, 4) is 0 Å². The summed E-state index contributed by atoms with van der Waals surface area (Å²) in [5, 5.41) is 3.49. The van der Waals surface area contributed by atoms with Crippen LogP contribution in [0.4, 0.5) is 4.39 Å². The third-order valence-electron chi connectivity index (χ3n) is 1.45. The summed E-state index contributed by atoms with van der Waals surface area (Å²) in [6, 6.07) is 0. The molecule has 0 aromatic heterocycles. The molecule has 0 heterocycles. The zero-order valence-electron chi connectivity index (χ0n) is 9.04. The minimum atomic E-state index is -1.40. The topological polar surface area (TPSA) is 67.8 Å². The first-order valence-electron chi connectivity index (χ1n) is 4.60. The third kappa shape index (κ3) is 6.59. The Morgan fingerprint density at radius 2 is 2.13 bits per heavy atom. The normalized spacial score (nSPS) is 13.2. The highest BCUT2D eigenvalue weighted by Crippen LogP contribution is 2.00. The molecule has 1 N–H and O–H groups in total. The molecule has 86 valence electrons. The third-order valence-corrected chi connectivity index (χ3v) is 1.45. The predicted molar refractivity (Wildman–Crippen MR) is 53.1 cm³/mol. The number of alkyl halides is 1. The molecule has 6 heteroatoms. The van der Waals surface area contributed by atoms with Crippen molar-refractivity contribution in [2.45, 2.75) is 33.4 Å². The molecule has 1 unspecified atom stereocenters. The summed E-state index contributed by atoms with van der Waals surface area (Å²) in [5.74, 6) is -0.983. The predicted octanol–water partition coefficient (Wildman–Crippen LogP) is 0.790. The lowest BCUT2D eigenvalue weighted by atomic mass is 10.2. The SMILES string of the molecule is CCOC(=O)CC(=NNC(C)=O)C(C)F. The van der Waals surface area contributed by atoms with Crippen LogP contribution < -0.4 is 5.43 Å². The molecule has 5 nitrogen and oxygen atoms in total. The lowest BCUT2D eigenvalue weighted by Crippen LogP contribution is -2.23. The molecule has 1 atom stereocenters. The molecule has 0 radical (unpaired) electrons. The average molecular weight is 218 g/mol. The van der Waals surface area contributed by atoms with E-state index in [9.17, 15) is 14.0 Å². The van der Waals surface area contributed by atoms with Crippen molar-refractivity contribution in [2.75, 3.05) is 6.61 Å². The van der Waals surface area contributed by atoms with Crippen molar-refractivity contribution in [1.82, 2.24) is 5.43 Å². The maximum absolute atomic E-state index is 12.9. The Morgan fingerprint density at radius 1 is 1.53 bits per heavy atom. The van der Waals surface area contributed by atoms with Crippen LogP contribution in [0.3, 0.4) is 0 Å². The van der Waals surface area contributed by atoms with E-state index in [0.717, 1.165) is 0 Å². The van der Waals surface area contributed by atoms with Gasteiger partial charge >= 0.3 is 5.97 Å². The lowest BCUT2D eigenvalue weighted by molar-refractivity contribution is -0.141. The van der Waals surface area contributed by atoms with Crippen LogP contribution >= 0.6 is 0 Å². The summed E-state index contributed by atoms with van der Waals surface area (Å²) >= 11 is 0. The van der Waals surface area contributed by atoms with Gasteiger partial charge in [-0.15, -0.1) is 0 Å². The van der Waals surface area contributed by atoms with Gasteiger partial charge < -0.3 is 4.74 Å². The van der Waals surface area contributed by atoms with Gasteiger partial charge in [-0.25, -0.2) is 9.82 Å². The minimum absolute atomic E-state index is 0.0522. The highest BCUT2D eigenvalue weighted by atomic mass is 19.1. The molecule has 0 saturated heterocycles. The first-order chi connectivity index (χ1) is 6.97. The molecule has 0 bridgehead atoms. The molecule has 0 spiro atoms. The summed E-state index contributed by atoms with van der Waals surface area (Å²) in [6.07, 6.45) is -1.66. The molecule has 15 heavy (non-hydrogen) atoms. The van der Waals surface area contributed by atoms with Crippen molar-refractivity contribution in [3.05, 3.63) is 0 Å². The summed E-state index contributed by atoms with van der Waals surface area (Å²) in [5.41, 5.74) is 2.02. The standard InChI is InChI=1S/C9H15FN2O3/c1-4-15-9(14)5-8(6(2)10)12-11-7(3)13/h6H,4-5H2,1-3H3,(H,11,13). The smallest absolute Gasteiger partial charge is 0.311 e. The van der Waals surface area contributed by atoms with Gasteiger partial charge in [0.05, 0.1) is 18.7 Å². The number of nitrogens with zero attached hydrogens (tertiary/aromatic N) is 1. The number of hydrogen-bond donors (Lipinski definition) is 1. The lowest BCUT2D eigenvalue weighted by Gasteiger charge is -2.06. The van der Waals surface area contributed by atoms with E-state index in [4.69, 9.17) is 0 Å². The Bertz CT molecular complexity index is 264. The number of hydrogen-bond acceptors (Lipinski definition) is 4. The fourth-order valence-electron chi connectivity index (χ4n) is 0.780. The van der Waals surface area contributed by atoms with Gasteiger partial charge in [0.1, 0.15) is 6.17 Å². The van der Waals surface area contributed by atoms with Crippen LogP contribution in [0.5, 0.6) is 0 Å². The van der Waals surface area contributed by atoms with E-state index >= 15 is 0 Å². The summed E-state index contributed by atoms with van der Waals surface area (Å²) in [4.78, 5) is 21.5. The van der Waals surface area contributed by atoms with Gasteiger partial charge in [-0.1, -0.05) is 0 Å². The number of carbonyl (C=O) groups is 2. The summed E-state index contributed by atoms with van der Waals surface area (Å²) in [7, 11) is 0. The quantitative estimate of drug-likeness (QED) is 0.421. The Kier molecular flexibility index (Phi) is 6.24. The van der Waals surface area contributed by atoms with Gasteiger partial charge in [0.2, 0.25) is 5.91 Å². The second-order valence-corrected chi connectivity index (χ2v) is 2.87. The molecule has 0 fully saturated rings. The summed E-state index contributed by atoms with van der Waals surface area (Å²) in [6.45, 7) is 4.36. The number of ether oxygens (including phenoxy) is 1. The molecular weight excluding hydrogens is 203 g/mol. The van der Waals surface area contributed by atoms with Crippen LogP contribution in [0.1, 0.15) is 27.2 Å². The van der Waals surface area contributed by atoms with Crippen molar-refractivity contribution >= 4 is 17.6 Å². The van der Waals surface area contributed by atoms with E-state index in [2.05, 4.69) is 15.3 Å². The van der Waals surface area contributed by atoms with E-state index in [0.29, 0.717) is 0 Å². The van der Waals surface area contributed by atoms with Crippen molar-refractivity contribution in [1.29, 1.82) is 0 Å². The van der Waals surface area contributed by atoms with Crippen molar-refractivity contribution in [2.24, 2.45) is 5.10 Å². The zero-order valence-corrected chi connectivity index (χ0v) is 9.04. The fourth-order valence-corrected chi connectivity index (χ4v) is 0.780. The van der Waals surface area contributed by atoms with Crippen LogP contribution in [-0.4, -0.2) is 30.4 Å². The van der Waals surface area contributed by atoms with Crippen LogP contribution in [0.25, 0.3) is 0 Å². The molecule has 0 aliphatic carbocycles. The number of nitrogens with one attached hydrogen (secondary N) is 1. The number of halogens is 1. The van der Waals surface area contributed by atoms with Crippen LogP contribution in [-0.2, 0) is 14.3 Å². The van der Waals surface area contributed by atoms with Crippen LogP contribution in [0.2, 0.25) is 0 Å². The number of amides is 1. The van der Waals surface area contributed by atoms with Gasteiger partial charge in [-0.05, 0) is 13.8 Å². The Labute approximate surface area is 87.7 Å². The molecule has 0 saturated carbocycles. The first kappa shape index (κ1) is 13.5. The molecule has 0 aliphatic heterocycles. The molecular formula is C9H15FN2O3. The minimum Gasteiger partial charge on any atom is -0.466 e. The zero-order chi connectivity index (χ0) is 11.8. The highest BCUT2D eigenvalue weighted by molar-refractivity contribution is 6.01. The average Bonchev–Trinajstić information content (AvgIpc) is 2.11. The van der Waals surface area contributed by atoms with Gasteiger partial charge in [0, 0.05) is 6.92 Å². The first-order valence-corrected chi connectivity index (χ1v) is 4.60. The van der Waals surface area contributed by atoms with Gasteiger partial charge in [-0.3, -0.25) is 9.59 Å². The maximum atomic E-state index is 12.9. The molecule has 0 aliphatic rings. The molecule has 0 rings (SSSR count). The van der Waals surface area contributed by atoms with Crippen LogP contribution in [0, 0.1) is 0 Å². The highest BCUT2D eigenvalue weighted by Gasteiger charge is 2.15. The second-order valence-electron chi connectivity index (χ2n) is 2.87. The Morgan fingerprint density at radius 3 is 2.53 bits per heavy atom. The number of rotatable bonds is 5. The van der Waals surface area contributed by atoms with E-state index < -0.39 is 18.0 Å². The van der Waals surface area contributed by atoms with Gasteiger partial charge in [0.25, 0.3) is 0 Å². The van der Waals surface area contributed by atoms with Gasteiger partial charge in [-0.2, -0.15) is 5.10 Å². The maximum Gasteiger partial charge on any atom is 0.311 e. The second kappa shape index (κ2) is 6.92. The van der Waals surface area contributed by atoms with E-state index in [-0.39, 0.29) is 18.7 Å². The van der Waals surface area contributed by atoms with Gasteiger partial charge in [0.15, 0.2) is 0 Å². The van der Waals surface area contributed by atoms with E-state index in [1.54, 1.807) is 6.92 Å². The van der Waals surface area contributed by atoms with E-state index in [1.807, 2.05) is 0 Å². The monoisotopic (exact) mass is 218 g/mol.